The number of pyridine rings is 1. The highest BCUT2D eigenvalue weighted by Gasteiger charge is 2.10. The van der Waals surface area contributed by atoms with Crippen LogP contribution in [0.15, 0.2) is 18.2 Å². The van der Waals surface area contributed by atoms with E-state index in [2.05, 4.69) is 10.3 Å². The molecular formula is C11H14N2O4. The second-order valence-corrected chi connectivity index (χ2v) is 3.60. The molecule has 92 valence electrons. The largest absolute Gasteiger partial charge is 0.480 e. The van der Waals surface area contributed by atoms with Crippen molar-refractivity contribution in [3.8, 4) is 5.88 Å². The van der Waals surface area contributed by atoms with E-state index in [-0.39, 0.29) is 11.8 Å². The van der Waals surface area contributed by atoms with E-state index in [1.54, 1.807) is 12.1 Å². The van der Waals surface area contributed by atoms with Gasteiger partial charge in [-0.15, -0.1) is 0 Å². The van der Waals surface area contributed by atoms with E-state index in [1.807, 2.05) is 13.8 Å². The molecular weight excluding hydrogens is 224 g/mol. The van der Waals surface area contributed by atoms with Gasteiger partial charge in [0.05, 0.1) is 6.10 Å². The molecule has 17 heavy (non-hydrogen) atoms. The van der Waals surface area contributed by atoms with Gasteiger partial charge in [0, 0.05) is 6.07 Å². The fourth-order valence-corrected chi connectivity index (χ4v) is 1.09. The number of hydrogen-bond acceptors (Lipinski definition) is 4. The quantitative estimate of drug-likeness (QED) is 0.787. The standard InChI is InChI=1S/C11H14N2O4/c1-7(2)17-9-5-3-4-8(13-9)11(16)12-6-10(14)15/h3-5,7H,6H2,1-2H3,(H,12,16)(H,14,15). The van der Waals surface area contributed by atoms with Gasteiger partial charge in [-0.1, -0.05) is 6.07 Å². The summed E-state index contributed by atoms with van der Waals surface area (Å²) in [7, 11) is 0. The topological polar surface area (TPSA) is 88.5 Å². The van der Waals surface area contributed by atoms with Crippen molar-refractivity contribution in [2.24, 2.45) is 0 Å². The lowest BCUT2D eigenvalue weighted by Crippen LogP contribution is -2.29. The number of rotatable bonds is 5. The van der Waals surface area contributed by atoms with E-state index < -0.39 is 18.4 Å². The molecule has 0 unspecified atom stereocenters. The van der Waals surface area contributed by atoms with Crippen LogP contribution >= 0.6 is 0 Å². The summed E-state index contributed by atoms with van der Waals surface area (Å²) in [6.45, 7) is 3.26. The first-order chi connectivity index (χ1) is 7.99. The molecule has 0 spiro atoms. The smallest absolute Gasteiger partial charge is 0.322 e. The zero-order chi connectivity index (χ0) is 12.8. The van der Waals surface area contributed by atoms with E-state index >= 15 is 0 Å². The summed E-state index contributed by atoms with van der Waals surface area (Å²) >= 11 is 0. The summed E-state index contributed by atoms with van der Waals surface area (Å²) in [6, 6.07) is 4.75. The van der Waals surface area contributed by atoms with Gasteiger partial charge in [-0.2, -0.15) is 0 Å². The van der Waals surface area contributed by atoms with Crippen LogP contribution in [0.4, 0.5) is 0 Å². The molecule has 0 bridgehead atoms. The lowest BCUT2D eigenvalue weighted by molar-refractivity contribution is -0.135. The van der Waals surface area contributed by atoms with Gasteiger partial charge in [0.2, 0.25) is 5.88 Å². The van der Waals surface area contributed by atoms with Crippen molar-refractivity contribution in [2.45, 2.75) is 20.0 Å². The third kappa shape index (κ3) is 4.50. The van der Waals surface area contributed by atoms with Crippen molar-refractivity contribution in [3.05, 3.63) is 23.9 Å². The molecule has 0 aliphatic rings. The summed E-state index contributed by atoms with van der Waals surface area (Å²) in [5.74, 6) is -1.31. The maximum Gasteiger partial charge on any atom is 0.322 e. The van der Waals surface area contributed by atoms with E-state index in [1.165, 1.54) is 6.07 Å². The number of carbonyl (C=O) groups is 2. The highest BCUT2D eigenvalue weighted by atomic mass is 16.5. The Kier molecular flexibility index (Phi) is 4.45. The van der Waals surface area contributed by atoms with E-state index in [9.17, 15) is 9.59 Å². The molecule has 0 aliphatic heterocycles. The molecule has 0 atom stereocenters. The number of hydrogen-bond donors (Lipinski definition) is 2. The molecule has 1 aromatic heterocycles. The SMILES string of the molecule is CC(C)Oc1cccc(C(=O)NCC(=O)O)n1. The van der Waals surface area contributed by atoms with Crippen molar-refractivity contribution in [2.75, 3.05) is 6.54 Å². The van der Waals surface area contributed by atoms with E-state index in [0.29, 0.717) is 5.88 Å². The monoisotopic (exact) mass is 238 g/mol. The predicted molar refractivity (Wildman–Crippen MR) is 60.0 cm³/mol. The number of carbonyl (C=O) groups excluding carboxylic acids is 1. The number of nitrogens with zero attached hydrogens (tertiary/aromatic N) is 1. The molecule has 1 heterocycles. The highest BCUT2D eigenvalue weighted by molar-refractivity contribution is 5.94. The van der Waals surface area contributed by atoms with Crippen LogP contribution in [0.3, 0.4) is 0 Å². The molecule has 6 heteroatoms. The average Bonchev–Trinajstić information content (AvgIpc) is 2.25. The molecule has 2 N–H and O–H groups in total. The fourth-order valence-electron chi connectivity index (χ4n) is 1.09. The third-order valence-corrected chi connectivity index (χ3v) is 1.71. The van der Waals surface area contributed by atoms with Crippen LogP contribution in [0.2, 0.25) is 0 Å². The summed E-state index contributed by atoms with van der Waals surface area (Å²) in [4.78, 5) is 25.7. The zero-order valence-electron chi connectivity index (χ0n) is 9.64. The minimum atomic E-state index is -1.10. The molecule has 0 saturated heterocycles. The van der Waals surface area contributed by atoms with Gasteiger partial charge in [0.15, 0.2) is 0 Å². The van der Waals surface area contributed by atoms with Gasteiger partial charge in [0.25, 0.3) is 5.91 Å². The number of nitrogens with one attached hydrogen (secondary N) is 1. The number of amides is 1. The van der Waals surface area contributed by atoms with Crippen LogP contribution in [0.1, 0.15) is 24.3 Å². The molecule has 6 nitrogen and oxygen atoms in total. The summed E-state index contributed by atoms with van der Waals surface area (Å²) in [6.07, 6.45) is -0.0418. The van der Waals surface area contributed by atoms with Crippen LogP contribution in [0.5, 0.6) is 5.88 Å². The first-order valence-corrected chi connectivity index (χ1v) is 5.12. The fraction of sp³-hybridized carbons (Fsp3) is 0.364. The molecule has 0 saturated carbocycles. The van der Waals surface area contributed by atoms with Gasteiger partial charge in [-0.25, -0.2) is 4.98 Å². The highest BCUT2D eigenvalue weighted by Crippen LogP contribution is 2.09. The third-order valence-electron chi connectivity index (χ3n) is 1.71. The van der Waals surface area contributed by atoms with Gasteiger partial charge < -0.3 is 15.2 Å². The Morgan fingerprint density at radius 2 is 2.18 bits per heavy atom. The molecule has 0 aliphatic carbocycles. The van der Waals surface area contributed by atoms with Gasteiger partial charge in [-0.3, -0.25) is 9.59 Å². The van der Waals surface area contributed by atoms with Crippen LogP contribution in [0, 0.1) is 0 Å². The van der Waals surface area contributed by atoms with Crippen molar-refractivity contribution >= 4 is 11.9 Å². The van der Waals surface area contributed by atoms with Crippen molar-refractivity contribution in [3.63, 3.8) is 0 Å². The van der Waals surface area contributed by atoms with Crippen LogP contribution in [-0.2, 0) is 4.79 Å². The molecule has 1 amide bonds. The molecule has 0 aromatic carbocycles. The number of carboxylic acids is 1. The lowest BCUT2D eigenvalue weighted by atomic mass is 10.3. The second-order valence-electron chi connectivity index (χ2n) is 3.60. The molecule has 0 fully saturated rings. The summed E-state index contributed by atoms with van der Waals surface area (Å²) in [5, 5.41) is 10.6. The van der Waals surface area contributed by atoms with Gasteiger partial charge in [0.1, 0.15) is 12.2 Å². The van der Waals surface area contributed by atoms with Crippen LogP contribution in [0.25, 0.3) is 0 Å². The van der Waals surface area contributed by atoms with Crippen LogP contribution < -0.4 is 10.1 Å². The Morgan fingerprint density at radius 3 is 2.76 bits per heavy atom. The average molecular weight is 238 g/mol. The first kappa shape index (κ1) is 13.0. The predicted octanol–water partition coefficient (Wildman–Crippen LogP) is 0.683. The Hall–Kier alpha value is -2.11. The number of aliphatic carboxylic acids is 1. The second kappa shape index (κ2) is 5.83. The Balaban J connectivity index is 2.70. The normalized spacial score (nSPS) is 10.1. The summed E-state index contributed by atoms with van der Waals surface area (Å²) in [5.41, 5.74) is 0.129. The molecule has 1 aromatic rings. The lowest BCUT2D eigenvalue weighted by Gasteiger charge is -2.09. The maximum atomic E-state index is 11.5. The van der Waals surface area contributed by atoms with E-state index in [0.717, 1.165) is 0 Å². The Bertz CT molecular complexity index is 418. The molecule has 1 rings (SSSR count). The Morgan fingerprint density at radius 1 is 1.47 bits per heavy atom. The van der Waals surface area contributed by atoms with Crippen molar-refractivity contribution in [1.82, 2.24) is 10.3 Å². The van der Waals surface area contributed by atoms with Crippen LogP contribution in [-0.4, -0.2) is 34.6 Å². The van der Waals surface area contributed by atoms with E-state index in [4.69, 9.17) is 9.84 Å². The Labute approximate surface area is 98.6 Å². The summed E-state index contributed by atoms with van der Waals surface area (Å²) < 4.78 is 5.32. The van der Waals surface area contributed by atoms with Crippen molar-refractivity contribution in [1.29, 1.82) is 0 Å². The van der Waals surface area contributed by atoms with Gasteiger partial charge >= 0.3 is 5.97 Å². The maximum absolute atomic E-state index is 11.5. The number of ether oxygens (including phenoxy) is 1. The zero-order valence-corrected chi connectivity index (χ0v) is 9.64. The minimum absolute atomic E-state index is 0.0418. The van der Waals surface area contributed by atoms with Crippen molar-refractivity contribution < 1.29 is 19.4 Å². The number of aromatic nitrogens is 1. The number of carboxylic acid groups (broad SMARTS) is 1. The van der Waals surface area contributed by atoms with Gasteiger partial charge in [-0.05, 0) is 19.9 Å². The molecule has 0 radical (unpaired) electrons. The minimum Gasteiger partial charge on any atom is -0.480 e. The first-order valence-electron chi connectivity index (χ1n) is 5.12.